The maximum absolute atomic E-state index is 14.0. The number of rotatable bonds is 7. The molecule has 0 spiro atoms. The van der Waals surface area contributed by atoms with Crippen molar-refractivity contribution in [2.75, 3.05) is 13.1 Å². The van der Waals surface area contributed by atoms with Gasteiger partial charge < -0.3 is 5.32 Å². The molecule has 0 amide bonds. The predicted molar refractivity (Wildman–Crippen MR) is 81.0 cm³/mol. The number of hydrogen-bond donors (Lipinski definition) is 2. The van der Waals surface area contributed by atoms with E-state index in [1.54, 1.807) is 6.07 Å². The van der Waals surface area contributed by atoms with Gasteiger partial charge in [-0.2, -0.15) is 0 Å². The number of sulfonamides is 1. The van der Waals surface area contributed by atoms with Crippen molar-refractivity contribution >= 4 is 10.0 Å². The minimum Gasteiger partial charge on any atom is -0.313 e. The van der Waals surface area contributed by atoms with Crippen LogP contribution in [0, 0.1) is 18.2 Å². The minimum absolute atomic E-state index is 0.0413. The third-order valence-electron chi connectivity index (χ3n) is 4.02. The summed E-state index contributed by atoms with van der Waals surface area (Å²) < 4.78 is 41.4. The molecule has 0 aliphatic heterocycles. The van der Waals surface area contributed by atoms with Gasteiger partial charge in [0.2, 0.25) is 10.0 Å². The molecule has 4 nitrogen and oxygen atoms in total. The molecule has 21 heavy (non-hydrogen) atoms. The van der Waals surface area contributed by atoms with Crippen molar-refractivity contribution in [2.24, 2.45) is 5.41 Å². The fraction of sp³-hybridized carbons (Fsp3) is 0.600. The van der Waals surface area contributed by atoms with Crippen LogP contribution < -0.4 is 10.0 Å². The normalized spacial score (nSPS) is 17.0. The van der Waals surface area contributed by atoms with Crippen molar-refractivity contribution < 1.29 is 12.8 Å². The predicted octanol–water partition coefficient (Wildman–Crippen LogP) is 2.32. The molecule has 2 N–H and O–H groups in total. The summed E-state index contributed by atoms with van der Waals surface area (Å²) in [5.74, 6) is -0.483. The number of halogens is 1. The van der Waals surface area contributed by atoms with Crippen LogP contribution in [0.3, 0.4) is 0 Å². The van der Waals surface area contributed by atoms with Crippen molar-refractivity contribution in [1.29, 1.82) is 0 Å². The third kappa shape index (κ3) is 4.02. The average molecular weight is 314 g/mol. The highest BCUT2D eigenvalue weighted by molar-refractivity contribution is 7.89. The lowest BCUT2D eigenvalue weighted by molar-refractivity contribution is 0.528. The van der Waals surface area contributed by atoms with Gasteiger partial charge in [0.25, 0.3) is 0 Å². The molecule has 0 unspecified atom stereocenters. The first kappa shape index (κ1) is 16.4. The first-order chi connectivity index (χ1) is 9.77. The highest BCUT2D eigenvalue weighted by Gasteiger charge is 2.38. The van der Waals surface area contributed by atoms with E-state index in [4.69, 9.17) is 0 Å². The molecule has 118 valence electrons. The van der Waals surface area contributed by atoms with E-state index in [-0.39, 0.29) is 15.9 Å². The second-order valence-electron chi connectivity index (χ2n) is 6.12. The summed E-state index contributed by atoms with van der Waals surface area (Å²) in [6, 6.07) is 2.94. The second kappa shape index (κ2) is 6.02. The zero-order valence-corrected chi connectivity index (χ0v) is 13.6. The van der Waals surface area contributed by atoms with Crippen molar-refractivity contribution in [3.8, 4) is 0 Å². The van der Waals surface area contributed by atoms with Crippen LogP contribution in [0.4, 0.5) is 4.39 Å². The summed E-state index contributed by atoms with van der Waals surface area (Å²) in [5.41, 5.74) is 0.877. The van der Waals surface area contributed by atoms with Crippen molar-refractivity contribution in [3.05, 3.63) is 29.1 Å². The highest BCUT2D eigenvalue weighted by Crippen LogP contribution is 2.44. The molecule has 0 aromatic heterocycles. The molecule has 6 heteroatoms. The molecule has 0 radical (unpaired) electrons. The lowest BCUT2D eigenvalue weighted by atomic mass is 10.1. The lowest BCUT2D eigenvalue weighted by Gasteiger charge is -2.14. The van der Waals surface area contributed by atoms with Gasteiger partial charge in [0, 0.05) is 18.7 Å². The summed E-state index contributed by atoms with van der Waals surface area (Å²) in [7, 11) is -3.67. The van der Waals surface area contributed by atoms with E-state index < -0.39 is 15.8 Å². The topological polar surface area (TPSA) is 58.2 Å². The van der Waals surface area contributed by atoms with Gasteiger partial charge in [-0.3, -0.25) is 0 Å². The van der Waals surface area contributed by atoms with Gasteiger partial charge >= 0.3 is 0 Å². The summed E-state index contributed by atoms with van der Waals surface area (Å²) in [6.45, 7) is 7.10. The molecule has 1 aliphatic rings. The first-order valence-corrected chi connectivity index (χ1v) is 8.75. The monoisotopic (exact) mass is 314 g/mol. The Labute approximate surface area is 126 Å². The molecule has 0 bridgehead atoms. The average Bonchev–Trinajstić information content (AvgIpc) is 3.16. The molecule has 1 aromatic rings. The number of nitrogens with one attached hydrogen (secondary N) is 2. The first-order valence-electron chi connectivity index (χ1n) is 7.27. The van der Waals surface area contributed by atoms with E-state index in [1.165, 1.54) is 13.0 Å². The lowest BCUT2D eigenvalue weighted by Crippen LogP contribution is -2.30. The van der Waals surface area contributed by atoms with Crippen LogP contribution in [0.2, 0.25) is 0 Å². The third-order valence-corrected chi connectivity index (χ3v) is 5.55. The summed E-state index contributed by atoms with van der Waals surface area (Å²) in [5, 5.41) is 3.07. The van der Waals surface area contributed by atoms with Crippen LogP contribution in [-0.2, 0) is 16.6 Å². The summed E-state index contributed by atoms with van der Waals surface area (Å²) >= 11 is 0. The molecular formula is C15H23FN2O2S. The Balaban J connectivity index is 2.25. The van der Waals surface area contributed by atoms with Gasteiger partial charge in [0.05, 0.1) is 4.90 Å². The smallest absolute Gasteiger partial charge is 0.240 e. The Morgan fingerprint density at radius 1 is 1.33 bits per heavy atom. The van der Waals surface area contributed by atoms with Crippen LogP contribution in [0.25, 0.3) is 0 Å². The van der Waals surface area contributed by atoms with Crippen molar-refractivity contribution in [2.45, 2.75) is 45.1 Å². The maximum atomic E-state index is 14.0. The van der Waals surface area contributed by atoms with Crippen LogP contribution in [0.5, 0.6) is 0 Å². The molecule has 1 aromatic carbocycles. The molecule has 0 atom stereocenters. The standard InChI is InChI=1S/C15H23FN2O2S/c1-4-17-9-12-7-13(16)11(2)14(8-12)21(19,20)18-10-15(3)5-6-15/h7-8,17-18H,4-6,9-10H2,1-3H3. The Bertz CT molecular complexity index is 625. The number of benzene rings is 1. The maximum Gasteiger partial charge on any atom is 0.240 e. The molecule has 0 saturated heterocycles. The van der Waals surface area contributed by atoms with E-state index >= 15 is 0 Å². The second-order valence-corrected chi connectivity index (χ2v) is 7.85. The Kier molecular flexibility index (Phi) is 4.70. The molecule has 1 saturated carbocycles. The van der Waals surface area contributed by atoms with Crippen LogP contribution >= 0.6 is 0 Å². The van der Waals surface area contributed by atoms with E-state index in [0.717, 1.165) is 19.4 Å². The van der Waals surface area contributed by atoms with E-state index in [1.807, 2.05) is 13.8 Å². The van der Waals surface area contributed by atoms with Crippen molar-refractivity contribution in [3.63, 3.8) is 0 Å². The Morgan fingerprint density at radius 3 is 2.57 bits per heavy atom. The minimum atomic E-state index is -3.67. The molecular weight excluding hydrogens is 291 g/mol. The zero-order chi connectivity index (χ0) is 15.7. The highest BCUT2D eigenvalue weighted by atomic mass is 32.2. The molecule has 1 aliphatic carbocycles. The molecule has 2 rings (SSSR count). The fourth-order valence-corrected chi connectivity index (χ4v) is 3.60. The van der Waals surface area contributed by atoms with Gasteiger partial charge in [-0.1, -0.05) is 13.8 Å². The fourth-order valence-electron chi connectivity index (χ4n) is 2.09. The van der Waals surface area contributed by atoms with Gasteiger partial charge in [0.15, 0.2) is 0 Å². The van der Waals surface area contributed by atoms with E-state index in [0.29, 0.717) is 18.7 Å². The SMILES string of the molecule is CCNCc1cc(F)c(C)c(S(=O)(=O)NCC2(C)CC2)c1. The largest absolute Gasteiger partial charge is 0.313 e. The Hall–Kier alpha value is -0.980. The summed E-state index contributed by atoms with van der Waals surface area (Å²) in [6.07, 6.45) is 2.06. The van der Waals surface area contributed by atoms with E-state index in [2.05, 4.69) is 10.0 Å². The van der Waals surface area contributed by atoms with E-state index in [9.17, 15) is 12.8 Å². The molecule has 0 heterocycles. The Morgan fingerprint density at radius 2 is 2.00 bits per heavy atom. The van der Waals surface area contributed by atoms with Crippen LogP contribution in [-0.4, -0.2) is 21.5 Å². The van der Waals surface area contributed by atoms with Gasteiger partial charge in [-0.15, -0.1) is 0 Å². The van der Waals surface area contributed by atoms with Crippen molar-refractivity contribution in [1.82, 2.24) is 10.0 Å². The van der Waals surface area contributed by atoms with Gasteiger partial charge in [-0.25, -0.2) is 17.5 Å². The number of hydrogen-bond acceptors (Lipinski definition) is 3. The zero-order valence-electron chi connectivity index (χ0n) is 12.8. The molecule has 1 fully saturated rings. The van der Waals surface area contributed by atoms with Crippen LogP contribution in [0.15, 0.2) is 17.0 Å². The quantitative estimate of drug-likeness (QED) is 0.812. The summed E-state index contributed by atoms with van der Waals surface area (Å²) in [4.78, 5) is 0.0413. The van der Waals surface area contributed by atoms with Crippen LogP contribution in [0.1, 0.15) is 37.8 Å². The van der Waals surface area contributed by atoms with Gasteiger partial charge in [0.1, 0.15) is 5.82 Å². The van der Waals surface area contributed by atoms with Gasteiger partial charge in [-0.05, 0) is 49.4 Å².